The molecular weight excluding hydrogens is 459 g/mol. The second-order valence-corrected chi connectivity index (χ2v) is 5.83. The number of nitrogens with zero attached hydrogens (tertiary/aromatic N) is 1. The number of hydrogen-bond acceptors (Lipinski definition) is 3. The molecule has 0 saturated heterocycles. The predicted molar refractivity (Wildman–Crippen MR) is 84.9 cm³/mol. The van der Waals surface area contributed by atoms with E-state index in [1.165, 1.54) is 11.8 Å². The van der Waals surface area contributed by atoms with Gasteiger partial charge in [-0.05, 0) is 11.8 Å². The van der Waals surface area contributed by atoms with Gasteiger partial charge in [-0.3, -0.25) is 4.79 Å². The van der Waals surface area contributed by atoms with Gasteiger partial charge in [-0.2, -0.15) is 23.7 Å². The SMILES string of the molecule is CSCOc1cc(F)c(-c2[c-]cc(Cl)c(=O)n2CC(F)F)c(F)c1.[Y]. The van der Waals surface area contributed by atoms with E-state index in [0.717, 1.165) is 18.2 Å². The van der Waals surface area contributed by atoms with Crippen molar-refractivity contribution in [2.24, 2.45) is 0 Å². The van der Waals surface area contributed by atoms with E-state index in [2.05, 4.69) is 6.07 Å². The van der Waals surface area contributed by atoms with Crippen molar-refractivity contribution < 1.29 is 55.0 Å². The first kappa shape index (κ1) is 22.5. The van der Waals surface area contributed by atoms with E-state index in [-0.39, 0.29) is 49.4 Å². The van der Waals surface area contributed by atoms with Crippen LogP contribution in [-0.4, -0.2) is 23.2 Å². The summed E-state index contributed by atoms with van der Waals surface area (Å²) in [6, 6.07) is 5.19. The van der Waals surface area contributed by atoms with Gasteiger partial charge in [0.25, 0.3) is 6.43 Å². The van der Waals surface area contributed by atoms with Gasteiger partial charge in [0.1, 0.15) is 11.7 Å². The molecule has 1 radical (unpaired) electrons. The molecule has 0 atom stereocenters. The Hall–Kier alpha value is -0.566. The van der Waals surface area contributed by atoms with Crippen LogP contribution in [0.15, 0.2) is 23.0 Å². The van der Waals surface area contributed by atoms with Gasteiger partial charge in [-0.1, -0.05) is 5.69 Å². The molecule has 133 valence electrons. The molecular formula is C15H11ClF4NO2SY-. The quantitative estimate of drug-likeness (QED) is 0.361. The van der Waals surface area contributed by atoms with Crippen molar-refractivity contribution in [3.05, 3.63) is 51.3 Å². The summed E-state index contributed by atoms with van der Waals surface area (Å²) in [7, 11) is 0. The Balaban J connectivity index is 0.00000312. The van der Waals surface area contributed by atoms with Gasteiger partial charge in [-0.25, -0.2) is 17.6 Å². The Labute approximate surface area is 175 Å². The average Bonchev–Trinajstić information content (AvgIpc) is 2.51. The monoisotopic (exact) mass is 469 g/mol. The van der Waals surface area contributed by atoms with Crippen molar-refractivity contribution in [3.63, 3.8) is 0 Å². The number of rotatable bonds is 6. The first-order valence-corrected chi connectivity index (χ1v) is 8.32. The van der Waals surface area contributed by atoms with Crippen LogP contribution in [0.1, 0.15) is 0 Å². The smallest absolute Gasteiger partial charge is 0.256 e. The molecule has 1 heterocycles. The molecule has 2 rings (SSSR count). The third kappa shape index (κ3) is 5.45. The molecule has 2 aromatic rings. The van der Waals surface area contributed by atoms with Crippen LogP contribution >= 0.6 is 23.4 Å². The average molecular weight is 470 g/mol. The number of hydrogen-bond donors (Lipinski definition) is 0. The van der Waals surface area contributed by atoms with E-state index in [4.69, 9.17) is 16.3 Å². The maximum atomic E-state index is 14.3. The maximum absolute atomic E-state index is 14.3. The van der Waals surface area contributed by atoms with Crippen LogP contribution in [0.25, 0.3) is 11.3 Å². The van der Waals surface area contributed by atoms with Crippen LogP contribution in [0.3, 0.4) is 0 Å². The Bertz CT molecular complexity index is 781. The molecule has 0 N–H and O–H groups in total. The van der Waals surface area contributed by atoms with Crippen LogP contribution in [0.2, 0.25) is 5.02 Å². The van der Waals surface area contributed by atoms with Crippen molar-refractivity contribution in [2.75, 3.05) is 12.2 Å². The Morgan fingerprint density at radius 2 is 1.92 bits per heavy atom. The summed E-state index contributed by atoms with van der Waals surface area (Å²) >= 11 is 6.90. The summed E-state index contributed by atoms with van der Waals surface area (Å²) in [6.45, 7) is -1.06. The van der Waals surface area contributed by atoms with Crippen LogP contribution in [0.4, 0.5) is 17.6 Å². The fourth-order valence-electron chi connectivity index (χ4n) is 2.01. The van der Waals surface area contributed by atoms with Crippen molar-refractivity contribution in [3.8, 4) is 17.0 Å². The van der Waals surface area contributed by atoms with E-state index < -0.39 is 41.4 Å². The third-order valence-electron chi connectivity index (χ3n) is 2.97. The Morgan fingerprint density at radius 3 is 2.44 bits per heavy atom. The molecule has 0 unspecified atom stereocenters. The van der Waals surface area contributed by atoms with Crippen molar-refractivity contribution in [2.45, 2.75) is 13.0 Å². The minimum atomic E-state index is -2.91. The van der Waals surface area contributed by atoms with Gasteiger partial charge < -0.3 is 9.30 Å². The number of pyridine rings is 1. The molecule has 25 heavy (non-hydrogen) atoms. The van der Waals surface area contributed by atoms with Gasteiger partial charge in [-0.15, -0.1) is 11.8 Å². The molecule has 0 aliphatic carbocycles. The van der Waals surface area contributed by atoms with Gasteiger partial charge in [0.15, 0.2) is 0 Å². The van der Waals surface area contributed by atoms with E-state index in [9.17, 15) is 22.4 Å². The zero-order valence-electron chi connectivity index (χ0n) is 12.9. The second-order valence-electron chi connectivity index (χ2n) is 4.60. The summed E-state index contributed by atoms with van der Waals surface area (Å²) in [6.07, 6.45) is -1.17. The Kier molecular flexibility index (Phi) is 8.94. The standard InChI is InChI=1S/C15H11ClF4NO2S.Y/c1-24-7-23-8-4-10(17)14(11(18)5-8)12-3-2-9(16)15(22)21(12)6-13(19)20;/h2,4-5,13H,6-7H2,1H3;/q-1;. The van der Waals surface area contributed by atoms with Crippen LogP contribution in [0.5, 0.6) is 5.75 Å². The predicted octanol–water partition coefficient (Wildman–Crippen LogP) is 4.21. The van der Waals surface area contributed by atoms with Gasteiger partial charge in [0.2, 0.25) is 5.56 Å². The van der Waals surface area contributed by atoms with E-state index >= 15 is 0 Å². The number of alkyl halides is 2. The van der Waals surface area contributed by atoms with Crippen molar-refractivity contribution >= 4 is 23.4 Å². The number of ether oxygens (including phenoxy) is 1. The third-order valence-corrected chi connectivity index (χ3v) is 3.60. The first-order valence-electron chi connectivity index (χ1n) is 6.55. The summed E-state index contributed by atoms with van der Waals surface area (Å²) in [5.41, 5.74) is -2.08. The van der Waals surface area contributed by atoms with Crippen molar-refractivity contribution in [1.29, 1.82) is 0 Å². The normalized spacial score (nSPS) is 10.7. The van der Waals surface area contributed by atoms with E-state index in [1.807, 2.05) is 0 Å². The summed E-state index contributed by atoms with van der Waals surface area (Å²) in [5, 5.41) is -0.375. The Morgan fingerprint density at radius 1 is 1.32 bits per heavy atom. The second kappa shape index (κ2) is 9.95. The summed E-state index contributed by atoms with van der Waals surface area (Å²) < 4.78 is 59.6. The fraction of sp³-hybridized carbons (Fsp3) is 0.267. The molecule has 3 nitrogen and oxygen atoms in total. The van der Waals surface area contributed by atoms with Gasteiger partial charge in [0, 0.05) is 49.9 Å². The fourth-order valence-corrected chi connectivity index (χ4v) is 2.42. The summed E-state index contributed by atoms with van der Waals surface area (Å²) in [4.78, 5) is 11.9. The molecule has 0 amide bonds. The minimum absolute atomic E-state index is 0. The topological polar surface area (TPSA) is 31.2 Å². The molecule has 0 aliphatic rings. The first-order chi connectivity index (χ1) is 11.3. The summed E-state index contributed by atoms with van der Waals surface area (Å²) in [5.74, 6) is -2.00. The number of benzene rings is 1. The molecule has 1 aromatic carbocycles. The largest absolute Gasteiger partial charge is 0.483 e. The van der Waals surface area contributed by atoms with Crippen molar-refractivity contribution in [1.82, 2.24) is 4.57 Å². The molecule has 1 aromatic heterocycles. The maximum Gasteiger partial charge on any atom is 0.256 e. The van der Waals surface area contributed by atoms with Gasteiger partial charge >= 0.3 is 0 Å². The van der Waals surface area contributed by atoms with E-state index in [0.29, 0.717) is 4.57 Å². The molecule has 10 heteroatoms. The molecule has 0 aliphatic heterocycles. The minimum Gasteiger partial charge on any atom is -0.483 e. The molecule has 0 spiro atoms. The number of halogens is 5. The number of thioether (sulfide) groups is 1. The van der Waals surface area contributed by atoms with Crippen LogP contribution in [-0.2, 0) is 39.3 Å². The zero-order chi connectivity index (χ0) is 17.9. The van der Waals surface area contributed by atoms with Crippen LogP contribution in [0, 0.1) is 17.7 Å². The number of aromatic nitrogens is 1. The van der Waals surface area contributed by atoms with Crippen LogP contribution < -0.4 is 10.3 Å². The zero-order valence-corrected chi connectivity index (χ0v) is 17.3. The molecule has 0 fully saturated rings. The molecule has 0 bridgehead atoms. The van der Waals surface area contributed by atoms with E-state index in [1.54, 1.807) is 6.26 Å². The molecule has 0 saturated carbocycles. The van der Waals surface area contributed by atoms with Gasteiger partial charge in [0.05, 0.1) is 18.2 Å².